The van der Waals surface area contributed by atoms with Crippen LogP contribution in [-0.4, -0.2) is 31.3 Å². The van der Waals surface area contributed by atoms with Crippen molar-refractivity contribution in [2.75, 3.05) is 21.3 Å². The highest BCUT2D eigenvalue weighted by Crippen LogP contribution is 2.41. The molecule has 30 heavy (non-hydrogen) atoms. The molecule has 0 aliphatic heterocycles. The minimum Gasteiger partial charge on any atom is -0.493 e. The van der Waals surface area contributed by atoms with E-state index in [9.17, 15) is 10.1 Å². The van der Waals surface area contributed by atoms with Crippen LogP contribution in [-0.2, 0) is 5.75 Å². The number of H-pyrrole nitrogens is 1. The molecule has 0 bridgehead atoms. The van der Waals surface area contributed by atoms with Crippen molar-refractivity contribution in [1.29, 1.82) is 5.26 Å². The second-order valence-corrected chi connectivity index (χ2v) is 7.37. The summed E-state index contributed by atoms with van der Waals surface area (Å²) in [7, 11) is 4.47. The molecular formula is C21H18ClN3O4S. The van der Waals surface area contributed by atoms with Gasteiger partial charge in [0.2, 0.25) is 5.75 Å². The van der Waals surface area contributed by atoms with Crippen molar-refractivity contribution in [2.45, 2.75) is 10.9 Å². The molecule has 0 atom stereocenters. The highest BCUT2D eigenvalue weighted by molar-refractivity contribution is 7.98. The maximum Gasteiger partial charge on any atom is 0.270 e. The molecule has 0 radical (unpaired) electrons. The first-order chi connectivity index (χ1) is 14.5. The van der Waals surface area contributed by atoms with Crippen LogP contribution in [0.3, 0.4) is 0 Å². The van der Waals surface area contributed by atoms with Gasteiger partial charge in [-0.05, 0) is 23.8 Å². The summed E-state index contributed by atoms with van der Waals surface area (Å²) in [6, 6.07) is 12.7. The molecule has 9 heteroatoms. The first-order valence-corrected chi connectivity index (χ1v) is 10.1. The zero-order chi connectivity index (χ0) is 21.7. The highest BCUT2D eigenvalue weighted by Gasteiger charge is 2.19. The lowest BCUT2D eigenvalue weighted by molar-refractivity contribution is 0.324. The third-order valence-electron chi connectivity index (χ3n) is 4.27. The number of rotatable bonds is 7. The molecule has 1 heterocycles. The molecule has 3 rings (SSSR count). The van der Waals surface area contributed by atoms with Crippen molar-refractivity contribution in [3.05, 3.63) is 62.9 Å². The number of aromatic nitrogens is 2. The molecule has 0 saturated carbocycles. The molecule has 0 aliphatic rings. The summed E-state index contributed by atoms with van der Waals surface area (Å²) in [5, 5.41) is 10.5. The lowest BCUT2D eigenvalue weighted by Crippen LogP contribution is -2.15. The molecule has 1 N–H and O–H groups in total. The van der Waals surface area contributed by atoms with Crippen LogP contribution in [0.25, 0.3) is 11.3 Å². The third-order valence-corrected chi connectivity index (χ3v) is 5.56. The van der Waals surface area contributed by atoms with E-state index in [-0.39, 0.29) is 11.3 Å². The van der Waals surface area contributed by atoms with Gasteiger partial charge in [-0.25, -0.2) is 4.98 Å². The van der Waals surface area contributed by atoms with Gasteiger partial charge in [0.05, 0.1) is 27.0 Å². The standard InChI is InChI=1S/C21H18ClN3O4S/c1-27-16-8-13(9-17(28-2)19(16)29-3)18-14(10-23)20(26)25-21(24-18)30-11-12-6-4-5-7-15(12)22/h4-9H,11H2,1-3H3,(H,24,25,26). The predicted molar refractivity (Wildman–Crippen MR) is 116 cm³/mol. The number of benzene rings is 2. The van der Waals surface area contributed by atoms with E-state index in [1.807, 2.05) is 24.3 Å². The van der Waals surface area contributed by atoms with Crippen molar-refractivity contribution >= 4 is 23.4 Å². The number of nitriles is 1. The minimum atomic E-state index is -0.530. The lowest BCUT2D eigenvalue weighted by Gasteiger charge is -2.14. The molecule has 0 spiro atoms. The summed E-state index contributed by atoms with van der Waals surface area (Å²) in [5.74, 6) is 1.69. The number of hydrogen-bond donors (Lipinski definition) is 1. The smallest absolute Gasteiger partial charge is 0.270 e. The Labute approximate surface area is 182 Å². The fourth-order valence-corrected chi connectivity index (χ4v) is 3.96. The molecule has 0 saturated heterocycles. The summed E-state index contributed by atoms with van der Waals surface area (Å²) in [6.07, 6.45) is 0. The first-order valence-electron chi connectivity index (χ1n) is 8.73. The molecule has 0 amide bonds. The zero-order valence-corrected chi connectivity index (χ0v) is 18.1. The molecule has 1 aromatic heterocycles. The predicted octanol–water partition coefficient (Wildman–Crippen LogP) is 4.28. The van der Waals surface area contributed by atoms with Gasteiger partial charge in [0, 0.05) is 16.3 Å². The van der Waals surface area contributed by atoms with E-state index in [0.29, 0.717) is 38.7 Å². The molecule has 7 nitrogen and oxygen atoms in total. The second kappa shape index (κ2) is 9.57. The highest BCUT2D eigenvalue weighted by atomic mass is 35.5. The Morgan fingerprint density at radius 2 is 1.80 bits per heavy atom. The summed E-state index contributed by atoms with van der Waals surface area (Å²) in [6.45, 7) is 0. The van der Waals surface area contributed by atoms with Crippen molar-refractivity contribution in [1.82, 2.24) is 9.97 Å². The fourth-order valence-electron chi connectivity index (χ4n) is 2.81. The van der Waals surface area contributed by atoms with Crippen LogP contribution in [0.1, 0.15) is 11.1 Å². The number of nitrogens with zero attached hydrogens (tertiary/aromatic N) is 2. The average molecular weight is 444 g/mol. The van der Waals surface area contributed by atoms with Gasteiger partial charge in [0.25, 0.3) is 5.56 Å². The number of aromatic amines is 1. The number of nitrogens with one attached hydrogen (secondary N) is 1. The molecule has 0 aliphatic carbocycles. The zero-order valence-electron chi connectivity index (χ0n) is 16.5. The molecular weight excluding hydrogens is 426 g/mol. The largest absolute Gasteiger partial charge is 0.493 e. The Bertz CT molecular complexity index is 1150. The molecule has 3 aromatic rings. The van der Waals surface area contributed by atoms with Crippen molar-refractivity contribution in [3.63, 3.8) is 0 Å². The maximum atomic E-state index is 12.5. The van der Waals surface area contributed by atoms with Crippen LogP contribution >= 0.6 is 23.4 Å². The van der Waals surface area contributed by atoms with Gasteiger partial charge in [-0.2, -0.15) is 5.26 Å². The number of ether oxygens (including phenoxy) is 3. The number of halogens is 1. The van der Waals surface area contributed by atoms with Gasteiger partial charge in [0.1, 0.15) is 11.6 Å². The van der Waals surface area contributed by atoms with Crippen LogP contribution in [0.15, 0.2) is 46.3 Å². The van der Waals surface area contributed by atoms with E-state index in [1.165, 1.54) is 33.1 Å². The van der Waals surface area contributed by atoms with Crippen molar-refractivity contribution in [2.24, 2.45) is 0 Å². The van der Waals surface area contributed by atoms with Crippen LogP contribution in [0, 0.1) is 11.3 Å². The van der Waals surface area contributed by atoms with Crippen LogP contribution < -0.4 is 19.8 Å². The van der Waals surface area contributed by atoms with Gasteiger partial charge >= 0.3 is 0 Å². The minimum absolute atomic E-state index is 0.105. The average Bonchev–Trinajstić information content (AvgIpc) is 2.77. The van der Waals surface area contributed by atoms with Gasteiger partial charge in [0.15, 0.2) is 16.7 Å². The fraction of sp³-hybridized carbons (Fsp3) is 0.190. The van der Waals surface area contributed by atoms with Gasteiger partial charge in [-0.1, -0.05) is 41.6 Å². The number of methoxy groups -OCH3 is 3. The third kappa shape index (κ3) is 4.37. The Hall–Kier alpha value is -3.15. The van der Waals surface area contributed by atoms with E-state index in [2.05, 4.69) is 9.97 Å². The molecule has 0 unspecified atom stereocenters. The lowest BCUT2D eigenvalue weighted by atomic mass is 10.1. The number of hydrogen-bond acceptors (Lipinski definition) is 7. The summed E-state index contributed by atoms with van der Waals surface area (Å²) >= 11 is 7.51. The molecule has 0 fully saturated rings. The van der Waals surface area contributed by atoms with Gasteiger partial charge < -0.3 is 19.2 Å². The Morgan fingerprint density at radius 1 is 1.13 bits per heavy atom. The summed E-state index contributed by atoms with van der Waals surface area (Å²) in [4.78, 5) is 19.7. The van der Waals surface area contributed by atoms with Crippen molar-refractivity contribution in [3.8, 4) is 34.6 Å². The molecule has 2 aromatic carbocycles. The Kier molecular flexibility index (Phi) is 6.87. The van der Waals surface area contributed by atoms with E-state index in [1.54, 1.807) is 18.2 Å². The maximum absolute atomic E-state index is 12.5. The summed E-state index contributed by atoms with van der Waals surface area (Å²) in [5.41, 5.74) is 0.990. The quantitative estimate of drug-likeness (QED) is 0.430. The normalized spacial score (nSPS) is 10.4. The number of thioether (sulfide) groups is 1. The molecule has 154 valence electrons. The summed E-state index contributed by atoms with van der Waals surface area (Å²) < 4.78 is 16.1. The van der Waals surface area contributed by atoms with Crippen LogP contribution in [0.2, 0.25) is 5.02 Å². The van der Waals surface area contributed by atoms with Gasteiger partial charge in [-0.3, -0.25) is 4.79 Å². The van der Waals surface area contributed by atoms with Crippen LogP contribution in [0.4, 0.5) is 0 Å². The van der Waals surface area contributed by atoms with E-state index < -0.39 is 5.56 Å². The second-order valence-electron chi connectivity index (χ2n) is 6.00. The van der Waals surface area contributed by atoms with Crippen molar-refractivity contribution < 1.29 is 14.2 Å². The monoisotopic (exact) mass is 443 g/mol. The van der Waals surface area contributed by atoms with E-state index in [4.69, 9.17) is 25.8 Å². The van der Waals surface area contributed by atoms with E-state index >= 15 is 0 Å². The Balaban J connectivity index is 2.07. The first kappa shape index (κ1) is 21.6. The topological polar surface area (TPSA) is 97.2 Å². The SMILES string of the molecule is COc1cc(-c2nc(SCc3ccccc3Cl)[nH]c(=O)c2C#N)cc(OC)c1OC. The Morgan fingerprint density at radius 3 is 2.37 bits per heavy atom. The van der Waals surface area contributed by atoms with E-state index in [0.717, 1.165) is 5.56 Å². The van der Waals surface area contributed by atoms with Gasteiger partial charge in [-0.15, -0.1) is 0 Å². The van der Waals surface area contributed by atoms with Crippen LogP contribution in [0.5, 0.6) is 17.2 Å².